The number of rotatable bonds is 4. The van der Waals surface area contributed by atoms with Crippen molar-refractivity contribution in [1.82, 2.24) is 0 Å². The van der Waals surface area contributed by atoms with Gasteiger partial charge in [0.2, 0.25) is 0 Å². The summed E-state index contributed by atoms with van der Waals surface area (Å²) in [7, 11) is 0. The third-order valence-electron chi connectivity index (χ3n) is 2.44. The zero-order chi connectivity index (χ0) is 12.0. The molecule has 0 saturated heterocycles. The molecule has 0 atom stereocenters. The minimum Gasteiger partial charge on any atom is -0.298 e. The Hall–Kier alpha value is -1.63. The van der Waals surface area contributed by atoms with Crippen molar-refractivity contribution in [3.63, 3.8) is 0 Å². The van der Waals surface area contributed by atoms with E-state index in [1.54, 1.807) is 6.92 Å². The molecule has 0 saturated carbocycles. The molecule has 0 aliphatic carbocycles. The summed E-state index contributed by atoms with van der Waals surface area (Å²) >= 11 is 0. The van der Waals surface area contributed by atoms with Crippen LogP contribution in [0.15, 0.2) is 42.0 Å². The van der Waals surface area contributed by atoms with Crippen molar-refractivity contribution in [2.24, 2.45) is 0 Å². The fourth-order valence-electron chi connectivity index (χ4n) is 1.34. The SMILES string of the molecule is CC(C=O)=CC=Cc1ccc(C(C)C)cc1. The summed E-state index contributed by atoms with van der Waals surface area (Å²) in [5.41, 5.74) is 3.23. The number of carbonyl (C=O) groups excluding carboxylic acids is 1. The van der Waals surface area contributed by atoms with Crippen LogP contribution in [0.25, 0.3) is 6.08 Å². The molecular formula is C15H18O. The van der Waals surface area contributed by atoms with Gasteiger partial charge in [-0.25, -0.2) is 0 Å². The summed E-state index contributed by atoms with van der Waals surface area (Å²) in [6, 6.07) is 8.47. The van der Waals surface area contributed by atoms with Gasteiger partial charge in [-0.3, -0.25) is 4.79 Å². The quantitative estimate of drug-likeness (QED) is 0.421. The second-order valence-corrected chi connectivity index (χ2v) is 4.21. The molecule has 0 aromatic heterocycles. The van der Waals surface area contributed by atoms with Crippen molar-refractivity contribution < 1.29 is 4.79 Å². The number of aldehydes is 1. The van der Waals surface area contributed by atoms with E-state index >= 15 is 0 Å². The molecule has 0 radical (unpaired) electrons. The normalized spacial score (nSPS) is 12.4. The van der Waals surface area contributed by atoms with E-state index in [4.69, 9.17) is 0 Å². The molecule has 0 N–H and O–H groups in total. The summed E-state index contributed by atoms with van der Waals surface area (Å²) in [5, 5.41) is 0. The molecular weight excluding hydrogens is 196 g/mol. The molecule has 0 heterocycles. The van der Waals surface area contributed by atoms with E-state index in [2.05, 4.69) is 38.1 Å². The minimum absolute atomic E-state index is 0.565. The predicted molar refractivity (Wildman–Crippen MR) is 69.4 cm³/mol. The van der Waals surface area contributed by atoms with Crippen molar-refractivity contribution in [2.45, 2.75) is 26.7 Å². The fourth-order valence-corrected chi connectivity index (χ4v) is 1.34. The molecule has 1 aromatic rings. The van der Waals surface area contributed by atoms with Crippen molar-refractivity contribution in [3.05, 3.63) is 53.1 Å². The highest BCUT2D eigenvalue weighted by Crippen LogP contribution is 2.15. The third kappa shape index (κ3) is 3.85. The van der Waals surface area contributed by atoms with Crippen LogP contribution in [0.4, 0.5) is 0 Å². The van der Waals surface area contributed by atoms with Crippen LogP contribution in [0.5, 0.6) is 0 Å². The van der Waals surface area contributed by atoms with Gasteiger partial charge in [-0.05, 0) is 29.5 Å². The molecule has 0 amide bonds. The van der Waals surface area contributed by atoms with Gasteiger partial charge in [-0.1, -0.05) is 56.3 Å². The molecule has 16 heavy (non-hydrogen) atoms. The second-order valence-electron chi connectivity index (χ2n) is 4.21. The van der Waals surface area contributed by atoms with Crippen LogP contribution in [0.2, 0.25) is 0 Å². The average molecular weight is 214 g/mol. The lowest BCUT2D eigenvalue weighted by atomic mass is 10.0. The van der Waals surface area contributed by atoms with Gasteiger partial charge in [0.15, 0.2) is 0 Å². The van der Waals surface area contributed by atoms with Crippen molar-refractivity contribution >= 4 is 12.4 Å². The maximum Gasteiger partial charge on any atom is 0.145 e. The Morgan fingerprint density at radius 3 is 2.31 bits per heavy atom. The predicted octanol–water partition coefficient (Wildman–Crippen LogP) is 3.97. The summed E-state index contributed by atoms with van der Waals surface area (Å²) in [5.74, 6) is 0.565. The van der Waals surface area contributed by atoms with Crippen molar-refractivity contribution in [2.75, 3.05) is 0 Å². The van der Waals surface area contributed by atoms with E-state index in [1.165, 1.54) is 5.56 Å². The summed E-state index contributed by atoms with van der Waals surface area (Å²) in [4.78, 5) is 10.4. The molecule has 1 aromatic carbocycles. The highest BCUT2D eigenvalue weighted by Gasteiger charge is 1.96. The van der Waals surface area contributed by atoms with Crippen molar-refractivity contribution in [1.29, 1.82) is 0 Å². The monoisotopic (exact) mass is 214 g/mol. The van der Waals surface area contributed by atoms with Crippen LogP contribution in [-0.2, 0) is 4.79 Å². The van der Waals surface area contributed by atoms with Gasteiger partial charge in [0, 0.05) is 0 Å². The lowest BCUT2D eigenvalue weighted by Gasteiger charge is -2.04. The number of allylic oxidation sites excluding steroid dienone is 3. The molecule has 0 aliphatic rings. The van der Waals surface area contributed by atoms with Gasteiger partial charge >= 0.3 is 0 Å². The lowest BCUT2D eigenvalue weighted by Crippen LogP contribution is -1.85. The summed E-state index contributed by atoms with van der Waals surface area (Å²) < 4.78 is 0. The molecule has 0 bridgehead atoms. The minimum atomic E-state index is 0.565. The van der Waals surface area contributed by atoms with Gasteiger partial charge in [0.25, 0.3) is 0 Å². The Balaban J connectivity index is 2.72. The highest BCUT2D eigenvalue weighted by atomic mass is 16.1. The lowest BCUT2D eigenvalue weighted by molar-refractivity contribution is -0.104. The maximum absolute atomic E-state index is 10.4. The highest BCUT2D eigenvalue weighted by molar-refractivity contribution is 5.73. The van der Waals surface area contributed by atoms with Crippen LogP contribution >= 0.6 is 0 Å². The Labute approximate surface area is 97.5 Å². The molecule has 0 aliphatic heterocycles. The Morgan fingerprint density at radius 2 is 1.81 bits per heavy atom. The van der Waals surface area contributed by atoms with Crippen LogP contribution < -0.4 is 0 Å². The maximum atomic E-state index is 10.4. The first kappa shape index (κ1) is 12.4. The molecule has 0 fully saturated rings. The first-order valence-electron chi connectivity index (χ1n) is 5.53. The smallest absolute Gasteiger partial charge is 0.145 e. The number of benzene rings is 1. The van der Waals surface area contributed by atoms with E-state index in [1.807, 2.05) is 18.2 Å². The van der Waals surface area contributed by atoms with Crippen LogP contribution in [0.1, 0.15) is 37.8 Å². The van der Waals surface area contributed by atoms with Gasteiger partial charge in [-0.2, -0.15) is 0 Å². The first-order chi connectivity index (χ1) is 7.63. The number of hydrogen-bond donors (Lipinski definition) is 0. The number of hydrogen-bond acceptors (Lipinski definition) is 1. The average Bonchev–Trinajstić information content (AvgIpc) is 2.29. The zero-order valence-corrected chi connectivity index (χ0v) is 10.1. The Morgan fingerprint density at radius 1 is 1.19 bits per heavy atom. The van der Waals surface area contributed by atoms with E-state index in [-0.39, 0.29) is 0 Å². The first-order valence-corrected chi connectivity index (χ1v) is 5.53. The van der Waals surface area contributed by atoms with Crippen LogP contribution in [0.3, 0.4) is 0 Å². The molecule has 1 heteroatoms. The molecule has 1 nitrogen and oxygen atoms in total. The summed E-state index contributed by atoms with van der Waals surface area (Å²) in [6.45, 7) is 6.15. The summed E-state index contributed by atoms with van der Waals surface area (Å²) in [6.07, 6.45) is 6.56. The second kappa shape index (κ2) is 6.06. The van der Waals surface area contributed by atoms with Gasteiger partial charge in [0.1, 0.15) is 6.29 Å². The number of carbonyl (C=O) groups is 1. The van der Waals surface area contributed by atoms with E-state index in [0.717, 1.165) is 17.4 Å². The third-order valence-corrected chi connectivity index (χ3v) is 2.44. The topological polar surface area (TPSA) is 17.1 Å². The zero-order valence-electron chi connectivity index (χ0n) is 10.1. The van der Waals surface area contributed by atoms with Gasteiger partial charge in [-0.15, -0.1) is 0 Å². The standard InChI is InChI=1S/C15H18O/c1-12(2)15-9-7-14(8-10-15)6-4-5-13(3)11-16/h4-12H,1-3H3. The fraction of sp³-hybridized carbons (Fsp3) is 0.267. The van der Waals surface area contributed by atoms with Gasteiger partial charge in [0.05, 0.1) is 0 Å². The Kier molecular flexibility index (Phi) is 4.71. The molecule has 0 unspecified atom stereocenters. The Bertz CT molecular complexity index is 394. The van der Waals surface area contributed by atoms with E-state index < -0.39 is 0 Å². The largest absolute Gasteiger partial charge is 0.298 e. The van der Waals surface area contributed by atoms with E-state index in [0.29, 0.717) is 5.92 Å². The van der Waals surface area contributed by atoms with Crippen LogP contribution in [-0.4, -0.2) is 6.29 Å². The molecule has 84 valence electrons. The van der Waals surface area contributed by atoms with Crippen LogP contribution in [0, 0.1) is 0 Å². The van der Waals surface area contributed by atoms with Gasteiger partial charge < -0.3 is 0 Å². The van der Waals surface area contributed by atoms with Crippen molar-refractivity contribution in [3.8, 4) is 0 Å². The van der Waals surface area contributed by atoms with E-state index in [9.17, 15) is 4.79 Å². The molecule has 0 spiro atoms. The molecule has 1 rings (SSSR count).